The maximum atomic E-state index is 5.84. The van der Waals surface area contributed by atoms with Crippen molar-refractivity contribution in [1.29, 1.82) is 0 Å². The van der Waals surface area contributed by atoms with Crippen LogP contribution in [-0.4, -0.2) is 26.7 Å². The molecule has 17 heavy (non-hydrogen) atoms. The number of rotatable bonds is 1. The minimum atomic E-state index is 0.321. The number of aryl methyl sites for hydroxylation is 1. The van der Waals surface area contributed by atoms with Crippen LogP contribution < -0.4 is 10.5 Å². The maximum absolute atomic E-state index is 5.84. The lowest BCUT2D eigenvalue weighted by Crippen LogP contribution is -2.02. The molecule has 86 valence electrons. The molecule has 3 rings (SSSR count). The Hall–Kier alpha value is -2.37. The molecular formula is C11H11N5O. The number of anilines is 1. The van der Waals surface area contributed by atoms with Gasteiger partial charge in [-0.25, -0.2) is 9.97 Å². The van der Waals surface area contributed by atoms with E-state index in [0.717, 1.165) is 16.7 Å². The van der Waals surface area contributed by atoms with Gasteiger partial charge in [0.2, 0.25) is 5.95 Å². The van der Waals surface area contributed by atoms with Crippen LogP contribution in [0.1, 0.15) is 5.82 Å². The molecule has 0 atom stereocenters. The fourth-order valence-electron chi connectivity index (χ4n) is 1.84. The molecule has 6 heteroatoms. The van der Waals surface area contributed by atoms with Crippen LogP contribution in [0.25, 0.3) is 16.6 Å². The van der Waals surface area contributed by atoms with Gasteiger partial charge in [0.05, 0.1) is 12.6 Å². The Morgan fingerprint density at radius 3 is 2.88 bits per heavy atom. The quantitative estimate of drug-likeness (QED) is 0.677. The van der Waals surface area contributed by atoms with Crippen molar-refractivity contribution in [3.63, 3.8) is 0 Å². The normalized spacial score (nSPS) is 11.2. The number of nitrogens with two attached hydrogens (primary N) is 1. The van der Waals surface area contributed by atoms with Crippen LogP contribution >= 0.6 is 0 Å². The highest BCUT2D eigenvalue weighted by Gasteiger charge is 2.10. The average Bonchev–Trinajstić information content (AvgIpc) is 2.71. The number of hydrogen-bond acceptors (Lipinski definition) is 5. The molecule has 0 fully saturated rings. The Bertz CT molecular complexity index is 719. The van der Waals surface area contributed by atoms with Crippen LogP contribution in [0, 0.1) is 6.92 Å². The first-order valence-corrected chi connectivity index (χ1v) is 5.15. The van der Waals surface area contributed by atoms with E-state index >= 15 is 0 Å². The zero-order chi connectivity index (χ0) is 12.0. The lowest BCUT2D eigenvalue weighted by molar-refractivity contribution is 0.415. The van der Waals surface area contributed by atoms with Crippen LogP contribution in [0.2, 0.25) is 0 Å². The van der Waals surface area contributed by atoms with Gasteiger partial charge in [0.1, 0.15) is 11.6 Å². The van der Waals surface area contributed by atoms with Gasteiger partial charge in [0.15, 0.2) is 5.65 Å². The van der Waals surface area contributed by atoms with Crippen LogP contribution in [0.5, 0.6) is 5.75 Å². The summed E-state index contributed by atoms with van der Waals surface area (Å²) in [5, 5.41) is 5.10. The SMILES string of the molecule is COc1ccc2c(c1)nc(N)n1nc(C)nc21. The van der Waals surface area contributed by atoms with E-state index in [-0.39, 0.29) is 0 Å². The number of benzene rings is 1. The van der Waals surface area contributed by atoms with Gasteiger partial charge >= 0.3 is 0 Å². The molecule has 0 radical (unpaired) electrons. The van der Waals surface area contributed by atoms with Gasteiger partial charge in [-0.1, -0.05) is 0 Å². The summed E-state index contributed by atoms with van der Waals surface area (Å²) in [6, 6.07) is 5.60. The van der Waals surface area contributed by atoms with Crippen molar-refractivity contribution in [1.82, 2.24) is 19.6 Å². The third-order valence-corrected chi connectivity index (χ3v) is 2.61. The Labute approximate surface area is 97.0 Å². The van der Waals surface area contributed by atoms with Crippen LogP contribution in [-0.2, 0) is 0 Å². The molecule has 0 bridgehead atoms. The van der Waals surface area contributed by atoms with Crippen molar-refractivity contribution in [2.24, 2.45) is 0 Å². The Morgan fingerprint density at radius 1 is 1.29 bits per heavy atom. The Morgan fingerprint density at radius 2 is 2.12 bits per heavy atom. The van der Waals surface area contributed by atoms with E-state index in [2.05, 4.69) is 15.1 Å². The second-order valence-corrected chi connectivity index (χ2v) is 3.75. The van der Waals surface area contributed by atoms with Crippen LogP contribution in [0.15, 0.2) is 18.2 Å². The third-order valence-electron chi connectivity index (χ3n) is 2.61. The third kappa shape index (κ3) is 1.37. The van der Waals surface area contributed by atoms with E-state index in [4.69, 9.17) is 10.5 Å². The van der Waals surface area contributed by atoms with Crippen molar-refractivity contribution >= 4 is 22.5 Å². The molecule has 2 N–H and O–H groups in total. The van der Waals surface area contributed by atoms with Gasteiger partial charge in [0.25, 0.3) is 0 Å². The van der Waals surface area contributed by atoms with Crippen molar-refractivity contribution in [3.05, 3.63) is 24.0 Å². The topological polar surface area (TPSA) is 78.3 Å². The lowest BCUT2D eigenvalue weighted by Gasteiger charge is -2.04. The van der Waals surface area contributed by atoms with Crippen molar-refractivity contribution in [3.8, 4) is 5.75 Å². The summed E-state index contributed by atoms with van der Waals surface area (Å²) in [5.74, 6) is 1.73. The molecule has 1 aromatic carbocycles. The van der Waals surface area contributed by atoms with Gasteiger partial charge in [-0.3, -0.25) is 0 Å². The zero-order valence-electron chi connectivity index (χ0n) is 9.51. The van der Waals surface area contributed by atoms with E-state index in [9.17, 15) is 0 Å². The highest BCUT2D eigenvalue weighted by molar-refractivity contribution is 5.92. The van der Waals surface area contributed by atoms with E-state index in [1.165, 1.54) is 0 Å². The maximum Gasteiger partial charge on any atom is 0.223 e. The van der Waals surface area contributed by atoms with Crippen molar-refractivity contribution in [2.75, 3.05) is 12.8 Å². The van der Waals surface area contributed by atoms with Gasteiger partial charge in [-0.15, -0.1) is 5.10 Å². The van der Waals surface area contributed by atoms with Gasteiger partial charge in [-0.05, 0) is 19.1 Å². The van der Waals surface area contributed by atoms with Gasteiger partial charge < -0.3 is 10.5 Å². The first-order chi connectivity index (χ1) is 8.19. The zero-order valence-corrected chi connectivity index (χ0v) is 9.51. The summed E-state index contributed by atoms with van der Waals surface area (Å²) in [5.41, 5.74) is 7.30. The number of aromatic nitrogens is 4. The van der Waals surface area contributed by atoms with Crippen molar-refractivity contribution in [2.45, 2.75) is 6.92 Å². The van der Waals surface area contributed by atoms with E-state index in [1.54, 1.807) is 11.6 Å². The standard InChI is InChI=1S/C11H11N5O/c1-6-13-10-8-4-3-7(17-2)5-9(8)14-11(12)16(10)15-6/h3-5H,1-2H3,(H2,12,14). The largest absolute Gasteiger partial charge is 0.497 e. The summed E-state index contributed by atoms with van der Waals surface area (Å²) in [7, 11) is 1.62. The number of ether oxygens (including phenoxy) is 1. The second-order valence-electron chi connectivity index (χ2n) is 3.75. The highest BCUT2D eigenvalue weighted by atomic mass is 16.5. The molecular weight excluding hydrogens is 218 g/mol. The number of methoxy groups -OCH3 is 1. The molecule has 2 heterocycles. The second kappa shape index (κ2) is 3.31. The predicted octanol–water partition coefficient (Wildman–Crippen LogP) is 1.18. The number of fused-ring (bicyclic) bond motifs is 3. The molecule has 0 aliphatic carbocycles. The minimum Gasteiger partial charge on any atom is -0.497 e. The molecule has 3 aromatic rings. The number of nitrogen functional groups attached to an aromatic ring is 1. The predicted molar refractivity (Wildman–Crippen MR) is 64.0 cm³/mol. The molecule has 0 aliphatic heterocycles. The summed E-state index contributed by atoms with van der Waals surface area (Å²) < 4.78 is 6.70. The van der Waals surface area contributed by atoms with E-state index < -0.39 is 0 Å². The molecule has 0 saturated heterocycles. The average molecular weight is 229 g/mol. The van der Waals surface area contributed by atoms with E-state index in [0.29, 0.717) is 17.4 Å². The summed E-state index contributed by atoms with van der Waals surface area (Å²) in [6.07, 6.45) is 0. The first-order valence-electron chi connectivity index (χ1n) is 5.15. The monoisotopic (exact) mass is 229 g/mol. The fourth-order valence-corrected chi connectivity index (χ4v) is 1.84. The number of nitrogens with zero attached hydrogens (tertiary/aromatic N) is 4. The lowest BCUT2D eigenvalue weighted by atomic mass is 10.2. The van der Waals surface area contributed by atoms with Gasteiger partial charge in [-0.2, -0.15) is 4.52 Å². The Balaban J connectivity index is 2.47. The number of hydrogen-bond donors (Lipinski definition) is 1. The first kappa shape index (κ1) is 9.83. The highest BCUT2D eigenvalue weighted by Crippen LogP contribution is 2.23. The van der Waals surface area contributed by atoms with Crippen LogP contribution in [0.4, 0.5) is 5.95 Å². The summed E-state index contributed by atoms with van der Waals surface area (Å²) >= 11 is 0. The smallest absolute Gasteiger partial charge is 0.223 e. The molecule has 0 unspecified atom stereocenters. The Kier molecular flexibility index (Phi) is 1.91. The molecule has 0 spiro atoms. The van der Waals surface area contributed by atoms with Crippen molar-refractivity contribution < 1.29 is 4.74 Å². The van der Waals surface area contributed by atoms with Crippen LogP contribution in [0.3, 0.4) is 0 Å². The summed E-state index contributed by atoms with van der Waals surface area (Å²) in [4.78, 5) is 8.63. The summed E-state index contributed by atoms with van der Waals surface area (Å²) in [6.45, 7) is 1.82. The van der Waals surface area contributed by atoms with E-state index in [1.807, 2.05) is 25.1 Å². The molecule has 6 nitrogen and oxygen atoms in total. The molecule has 0 aliphatic rings. The molecule has 0 saturated carbocycles. The minimum absolute atomic E-state index is 0.321. The van der Waals surface area contributed by atoms with Gasteiger partial charge in [0, 0.05) is 11.5 Å². The molecule has 0 amide bonds. The fraction of sp³-hybridized carbons (Fsp3) is 0.182. The molecule has 2 aromatic heterocycles.